The number of carbonyl (C=O) groups excluding carboxylic acids is 3. The zero-order chi connectivity index (χ0) is 17.6. The van der Waals surface area contributed by atoms with Crippen LogP contribution in [0.4, 0.5) is 5.13 Å². The average molecular weight is 341 g/mol. The number of amides is 3. The SMILES string of the molecule is CCON=C(C(=O)NC(C)=O)c1nsc(NC(=O)C(C)(C)C)n1. The maximum absolute atomic E-state index is 11.9. The number of hydrogen-bond donors (Lipinski definition) is 2. The van der Waals surface area contributed by atoms with Crippen molar-refractivity contribution in [1.29, 1.82) is 0 Å². The predicted octanol–water partition coefficient (Wildman–Crippen LogP) is 0.926. The van der Waals surface area contributed by atoms with Crippen molar-refractivity contribution in [3.63, 3.8) is 0 Å². The molecule has 0 unspecified atom stereocenters. The van der Waals surface area contributed by atoms with Gasteiger partial charge in [-0.25, -0.2) is 0 Å². The molecule has 126 valence electrons. The molecule has 1 aromatic heterocycles. The van der Waals surface area contributed by atoms with Crippen LogP contribution in [-0.4, -0.2) is 39.4 Å². The van der Waals surface area contributed by atoms with Crippen molar-refractivity contribution < 1.29 is 19.2 Å². The normalized spacial score (nSPS) is 11.8. The minimum atomic E-state index is -0.780. The molecule has 0 radical (unpaired) electrons. The Balaban J connectivity index is 2.99. The van der Waals surface area contributed by atoms with E-state index < -0.39 is 17.2 Å². The van der Waals surface area contributed by atoms with E-state index in [1.54, 1.807) is 27.7 Å². The molecule has 0 saturated carbocycles. The van der Waals surface area contributed by atoms with Crippen LogP contribution in [0.3, 0.4) is 0 Å². The van der Waals surface area contributed by atoms with Gasteiger partial charge in [-0.05, 0) is 6.92 Å². The van der Waals surface area contributed by atoms with Crippen LogP contribution in [0.15, 0.2) is 5.16 Å². The average Bonchev–Trinajstić information content (AvgIpc) is 2.85. The molecular weight excluding hydrogens is 322 g/mol. The Morgan fingerprint density at radius 2 is 1.96 bits per heavy atom. The Bertz CT molecular complexity index is 633. The van der Waals surface area contributed by atoms with E-state index in [1.165, 1.54) is 6.92 Å². The van der Waals surface area contributed by atoms with Crippen molar-refractivity contribution in [2.45, 2.75) is 34.6 Å². The van der Waals surface area contributed by atoms with Crippen LogP contribution in [0.2, 0.25) is 0 Å². The van der Waals surface area contributed by atoms with Crippen LogP contribution in [0.5, 0.6) is 0 Å². The van der Waals surface area contributed by atoms with Gasteiger partial charge in [0.15, 0.2) is 0 Å². The highest BCUT2D eigenvalue weighted by molar-refractivity contribution is 7.10. The first-order valence-corrected chi connectivity index (χ1v) is 7.60. The largest absolute Gasteiger partial charge is 0.395 e. The van der Waals surface area contributed by atoms with Gasteiger partial charge in [0.25, 0.3) is 5.91 Å². The molecule has 1 aromatic rings. The highest BCUT2D eigenvalue weighted by atomic mass is 32.1. The van der Waals surface area contributed by atoms with E-state index in [-0.39, 0.29) is 29.2 Å². The monoisotopic (exact) mass is 341 g/mol. The van der Waals surface area contributed by atoms with Gasteiger partial charge < -0.3 is 10.2 Å². The van der Waals surface area contributed by atoms with Gasteiger partial charge in [-0.3, -0.25) is 19.7 Å². The zero-order valence-electron chi connectivity index (χ0n) is 13.6. The first-order valence-electron chi connectivity index (χ1n) is 6.82. The fraction of sp³-hybridized carbons (Fsp3) is 0.538. The lowest BCUT2D eigenvalue weighted by Crippen LogP contribution is -2.35. The molecule has 0 fully saturated rings. The summed E-state index contributed by atoms with van der Waals surface area (Å²) in [5.41, 5.74) is -0.838. The highest BCUT2D eigenvalue weighted by Gasteiger charge is 2.25. The summed E-state index contributed by atoms with van der Waals surface area (Å²) in [7, 11) is 0. The summed E-state index contributed by atoms with van der Waals surface area (Å²) in [6, 6.07) is 0. The number of nitrogens with one attached hydrogen (secondary N) is 2. The molecule has 0 atom stereocenters. The Kier molecular flexibility index (Phi) is 6.31. The maximum atomic E-state index is 11.9. The lowest BCUT2D eigenvalue weighted by molar-refractivity contribution is -0.126. The smallest absolute Gasteiger partial charge is 0.283 e. The van der Waals surface area contributed by atoms with E-state index in [2.05, 4.69) is 25.1 Å². The number of rotatable bonds is 5. The van der Waals surface area contributed by atoms with Crippen molar-refractivity contribution in [1.82, 2.24) is 14.7 Å². The maximum Gasteiger partial charge on any atom is 0.283 e. The van der Waals surface area contributed by atoms with E-state index in [0.29, 0.717) is 0 Å². The minimum absolute atomic E-state index is 0.0357. The topological polar surface area (TPSA) is 123 Å². The summed E-state index contributed by atoms with van der Waals surface area (Å²) in [6.07, 6.45) is 0. The van der Waals surface area contributed by atoms with Crippen molar-refractivity contribution in [3.8, 4) is 0 Å². The van der Waals surface area contributed by atoms with Gasteiger partial charge in [0.1, 0.15) is 6.61 Å². The van der Waals surface area contributed by atoms with E-state index >= 15 is 0 Å². The molecule has 2 N–H and O–H groups in total. The quantitative estimate of drug-likeness (QED) is 0.606. The fourth-order valence-corrected chi connectivity index (χ4v) is 1.75. The van der Waals surface area contributed by atoms with Crippen molar-refractivity contribution >= 4 is 40.1 Å². The van der Waals surface area contributed by atoms with E-state index in [4.69, 9.17) is 4.84 Å². The molecule has 1 rings (SSSR count). The molecule has 0 saturated heterocycles. The molecular formula is C13H19N5O4S. The third kappa shape index (κ3) is 5.74. The summed E-state index contributed by atoms with van der Waals surface area (Å²) >= 11 is 0.898. The summed E-state index contributed by atoms with van der Waals surface area (Å²) in [5.74, 6) is -1.60. The summed E-state index contributed by atoms with van der Waals surface area (Å²) in [5, 5.41) is 8.53. The van der Waals surface area contributed by atoms with E-state index in [9.17, 15) is 14.4 Å². The van der Waals surface area contributed by atoms with Crippen LogP contribution in [0.25, 0.3) is 0 Å². The van der Waals surface area contributed by atoms with Crippen molar-refractivity contribution in [2.24, 2.45) is 10.6 Å². The van der Waals surface area contributed by atoms with E-state index in [0.717, 1.165) is 11.5 Å². The van der Waals surface area contributed by atoms with Gasteiger partial charge in [0, 0.05) is 23.9 Å². The third-order valence-corrected chi connectivity index (χ3v) is 2.96. The molecule has 10 heteroatoms. The van der Waals surface area contributed by atoms with Gasteiger partial charge in [0.2, 0.25) is 28.5 Å². The Hall–Kier alpha value is -2.36. The third-order valence-electron chi connectivity index (χ3n) is 2.33. The summed E-state index contributed by atoms with van der Waals surface area (Å²) in [6.45, 7) is 8.38. The predicted molar refractivity (Wildman–Crippen MR) is 85.0 cm³/mol. The Morgan fingerprint density at radius 3 is 2.48 bits per heavy atom. The first kappa shape index (κ1) is 18.7. The summed E-state index contributed by atoms with van der Waals surface area (Å²) in [4.78, 5) is 43.7. The fourth-order valence-electron chi connectivity index (χ4n) is 1.19. The number of anilines is 1. The molecule has 1 heterocycles. The molecule has 0 spiro atoms. The molecule has 0 aliphatic carbocycles. The van der Waals surface area contributed by atoms with Crippen LogP contribution < -0.4 is 10.6 Å². The molecule has 9 nitrogen and oxygen atoms in total. The second-order valence-corrected chi connectivity index (χ2v) is 6.25. The molecule has 0 aromatic carbocycles. The van der Waals surface area contributed by atoms with Gasteiger partial charge in [-0.15, -0.1) is 0 Å². The van der Waals surface area contributed by atoms with Gasteiger partial charge in [-0.2, -0.15) is 9.36 Å². The molecule has 23 heavy (non-hydrogen) atoms. The minimum Gasteiger partial charge on any atom is -0.395 e. The standard InChI is InChI=1S/C13H19N5O4S/c1-6-22-17-8(10(20)14-7(2)19)9-15-12(23-18-9)16-11(21)13(3,4)5/h6H2,1-5H3,(H,14,19,20)(H,15,16,18,21). The lowest BCUT2D eigenvalue weighted by Gasteiger charge is -2.15. The Morgan fingerprint density at radius 1 is 1.30 bits per heavy atom. The van der Waals surface area contributed by atoms with Crippen LogP contribution >= 0.6 is 11.5 Å². The first-order chi connectivity index (χ1) is 10.6. The number of oxime groups is 1. The lowest BCUT2D eigenvalue weighted by atomic mass is 9.96. The van der Waals surface area contributed by atoms with Gasteiger partial charge in [0.05, 0.1) is 0 Å². The summed E-state index contributed by atoms with van der Waals surface area (Å²) < 4.78 is 3.97. The second-order valence-electron chi connectivity index (χ2n) is 5.50. The number of nitrogens with zero attached hydrogens (tertiary/aromatic N) is 3. The number of aromatic nitrogens is 2. The number of imide groups is 1. The van der Waals surface area contributed by atoms with Crippen molar-refractivity contribution in [3.05, 3.63) is 5.82 Å². The molecule has 0 bridgehead atoms. The number of hydrogen-bond acceptors (Lipinski definition) is 8. The molecule has 0 aliphatic heterocycles. The van der Waals surface area contributed by atoms with Crippen LogP contribution in [0.1, 0.15) is 40.4 Å². The second kappa shape index (κ2) is 7.77. The van der Waals surface area contributed by atoms with Crippen LogP contribution in [0, 0.1) is 5.41 Å². The Labute approximate surface area is 137 Å². The van der Waals surface area contributed by atoms with Crippen molar-refractivity contribution in [2.75, 3.05) is 11.9 Å². The molecule has 0 aliphatic rings. The zero-order valence-corrected chi connectivity index (χ0v) is 14.4. The van der Waals surface area contributed by atoms with Crippen LogP contribution in [-0.2, 0) is 19.2 Å². The highest BCUT2D eigenvalue weighted by Crippen LogP contribution is 2.19. The molecule has 3 amide bonds. The van der Waals surface area contributed by atoms with E-state index in [1.807, 2.05) is 0 Å². The van der Waals surface area contributed by atoms with Gasteiger partial charge >= 0.3 is 0 Å². The number of carbonyl (C=O) groups is 3. The van der Waals surface area contributed by atoms with Gasteiger partial charge in [-0.1, -0.05) is 25.9 Å².